The van der Waals surface area contributed by atoms with Crippen molar-refractivity contribution in [3.05, 3.63) is 93.0 Å². The third-order valence-electron chi connectivity index (χ3n) is 7.66. The largest absolute Gasteiger partial charge is 0.462 e. The number of carbonyl (C=O) groups is 3. The average Bonchev–Trinajstić information content (AvgIpc) is 3.18. The average molecular weight is 588 g/mol. The van der Waals surface area contributed by atoms with Gasteiger partial charge in [0.2, 0.25) is 0 Å². The predicted octanol–water partition coefficient (Wildman–Crippen LogP) is 4.60. The zero-order valence-corrected chi connectivity index (χ0v) is 24.7. The number of amides is 2. The van der Waals surface area contributed by atoms with Gasteiger partial charge in [-0.15, -0.1) is 0 Å². The fourth-order valence-electron chi connectivity index (χ4n) is 5.28. The van der Waals surface area contributed by atoms with Crippen molar-refractivity contribution in [2.24, 2.45) is 0 Å². The zero-order chi connectivity index (χ0) is 31.1. The summed E-state index contributed by atoms with van der Waals surface area (Å²) in [5.74, 6) is -1.35. The van der Waals surface area contributed by atoms with Gasteiger partial charge in [-0.05, 0) is 74.3 Å². The molecule has 0 unspecified atom stereocenters. The number of non-ortho nitro benzene ring substituents is 1. The molecule has 1 aliphatic rings. The number of nitrogens with two attached hydrogens (primary N) is 1. The number of fused-ring (bicyclic) bond motifs is 2. The molecular formula is C32H37N5O6. The van der Waals surface area contributed by atoms with E-state index in [1.807, 2.05) is 38.1 Å². The minimum absolute atomic E-state index is 0.130. The molecule has 2 amide bonds. The van der Waals surface area contributed by atoms with Crippen molar-refractivity contribution in [2.45, 2.75) is 33.6 Å². The molecule has 0 spiro atoms. The number of benzene rings is 3. The van der Waals surface area contributed by atoms with Gasteiger partial charge in [0.1, 0.15) is 6.54 Å². The van der Waals surface area contributed by atoms with E-state index in [9.17, 15) is 24.5 Å². The number of rotatable bonds is 11. The maximum absolute atomic E-state index is 14.3. The monoisotopic (exact) mass is 587 g/mol. The maximum Gasteiger partial charge on any atom is 0.338 e. The molecule has 2 N–H and O–H groups in total. The smallest absolute Gasteiger partial charge is 0.338 e. The molecule has 1 heterocycles. The molecule has 0 fully saturated rings. The Morgan fingerprint density at radius 2 is 1.63 bits per heavy atom. The van der Waals surface area contributed by atoms with Gasteiger partial charge in [0.15, 0.2) is 0 Å². The second-order valence-corrected chi connectivity index (χ2v) is 10.2. The number of anilines is 3. The fourth-order valence-corrected chi connectivity index (χ4v) is 5.28. The topological polar surface area (TPSA) is 139 Å². The number of nitrogens with zero attached hydrogens (tertiary/aromatic N) is 4. The highest BCUT2D eigenvalue weighted by Gasteiger charge is 2.31. The highest BCUT2D eigenvalue weighted by atomic mass is 16.6. The Labute approximate surface area is 251 Å². The van der Waals surface area contributed by atoms with Gasteiger partial charge in [-0.1, -0.05) is 32.0 Å². The first-order chi connectivity index (χ1) is 20.7. The van der Waals surface area contributed by atoms with Crippen molar-refractivity contribution >= 4 is 40.5 Å². The predicted molar refractivity (Wildman–Crippen MR) is 165 cm³/mol. The van der Waals surface area contributed by atoms with Gasteiger partial charge in [-0.3, -0.25) is 24.6 Å². The molecule has 0 saturated carbocycles. The Balaban J connectivity index is 1.76. The lowest BCUT2D eigenvalue weighted by atomic mass is 10.0. The van der Waals surface area contributed by atoms with Gasteiger partial charge in [-0.2, -0.15) is 0 Å². The summed E-state index contributed by atoms with van der Waals surface area (Å²) in [5.41, 5.74) is 9.96. The molecule has 11 heteroatoms. The Morgan fingerprint density at radius 3 is 2.28 bits per heavy atom. The lowest BCUT2D eigenvalue weighted by Gasteiger charge is -2.30. The van der Waals surface area contributed by atoms with Crippen molar-refractivity contribution < 1.29 is 24.0 Å². The number of likely N-dealkylation sites (N-methyl/N-ethyl adjacent to an activating group) is 1. The van der Waals surface area contributed by atoms with Crippen LogP contribution in [0.4, 0.5) is 22.7 Å². The van der Waals surface area contributed by atoms with Gasteiger partial charge in [-0.25, -0.2) is 4.79 Å². The lowest BCUT2D eigenvalue weighted by Crippen LogP contribution is -2.45. The molecule has 43 heavy (non-hydrogen) atoms. The number of carbonyl (C=O) groups excluding carboxylic acids is 3. The summed E-state index contributed by atoms with van der Waals surface area (Å²) in [5, 5.41) is 11.2. The van der Waals surface area contributed by atoms with E-state index in [2.05, 4.69) is 4.90 Å². The summed E-state index contributed by atoms with van der Waals surface area (Å²) in [6, 6.07) is 16.1. The molecule has 3 aromatic rings. The zero-order valence-electron chi connectivity index (χ0n) is 24.7. The van der Waals surface area contributed by atoms with Crippen molar-refractivity contribution in [2.75, 3.05) is 50.0 Å². The summed E-state index contributed by atoms with van der Waals surface area (Å²) in [7, 11) is 0. The van der Waals surface area contributed by atoms with Gasteiger partial charge in [0.05, 0.1) is 28.5 Å². The highest BCUT2D eigenvalue weighted by molar-refractivity contribution is 6.07. The maximum atomic E-state index is 14.3. The summed E-state index contributed by atoms with van der Waals surface area (Å²) < 4.78 is 5.22. The second kappa shape index (κ2) is 13.9. The number of hydrogen-bond donors (Lipinski definition) is 1. The molecule has 1 aliphatic heterocycles. The Hall–Kier alpha value is -4.77. The summed E-state index contributed by atoms with van der Waals surface area (Å²) in [6.45, 7) is 8.01. The van der Waals surface area contributed by atoms with E-state index >= 15 is 0 Å². The molecule has 3 aromatic carbocycles. The Morgan fingerprint density at radius 1 is 0.930 bits per heavy atom. The first-order valence-electron chi connectivity index (χ1n) is 14.4. The number of esters is 1. The first-order valence-corrected chi connectivity index (χ1v) is 14.4. The fraction of sp³-hybridized carbons (Fsp3) is 0.344. The molecule has 0 aromatic heterocycles. The summed E-state index contributed by atoms with van der Waals surface area (Å²) in [4.78, 5) is 56.6. The van der Waals surface area contributed by atoms with E-state index in [-0.39, 0.29) is 42.4 Å². The van der Waals surface area contributed by atoms with Gasteiger partial charge < -0.3 is 20.3 Å². The number of ether oxygens (including phenoxy) is 1. The SMILES string of the molecule is CCOC(=O)c1cc(N)c2c(c1)N(C(=O)CN(CCN(CC)CC)C(=O)c1ccc([N+](=O)[O-])cc1)c1ccccc1CC2. The van der Waals surface area contributed by atoms with Crippen molar-refractivity contribution in [3.63, 3.8) is 0 Å². The van der Waals surface area contributed by atoms with E-state index in [0.717, 1.165) is 24.2 Å². The van der Waals surface area contributed by atoms with Crippen LogP contribution in [0, 0.1) is 10.1 Å². The number of aryl methyl sites for hydroxylation is 1. The number of nitro benzene ring substituents is 1. The van der Waals surface area contributed by atoms with Crippen LogP contribution in [0.5, 0.6) is 0 Å². The van der Waals surface area contributed by atoms with Crippen LogP contribution in [0.3, 0.4) is 0 Å². The van der Waals surface area contributed by atoms with E-state index < -0.39 is 16.8 Å². The molecular weight excluding hydrogens is 550 g/mol. The normalized spacial score (nSPS) is 12.2. The minimum Gasteiger partial charge on any atom is -0.462 e. The first kappa shape index (κ1) is 31.2. The quantitative estimate of drug-likeness (QED) is 0.149. The minimum atomic E-state index is -0.545. The van der Waals surface area contributed by atoms with Crippen LogP contribution in [-0.2, 0) is 22.4 Å². The third kappa shape index (κ3) is 7.00. The number of para-hydroxylation sites is 1. The van der Waals surface area contributed by atoms with Crippen LogP contribution < -0.4 is 10.6 Å². The van der Waals surface area contributed by atoms with Crippen LogP contribution in [0.25, 0.3) is 0 Å². The number of hydrogen-bond acceptors (Lipinski definition) is 8. The molecule has 0 radical (unpaired) electrons. The lowest BCUT2D eigenvalue weighted by molar-refractivity contribution is -0.384. The summed E-state index contributed by atoms with van der Waals surface area (Å²) in [6.07, 6.45) is 1.18. The standard InChI is InChI=1S/C32H37N5O6/c1-4-34(5-2)17-18-35(31(39)23-11-14-25(15-12-23)37(41)42)21-30(38)36-28-10-8-7-9-22(28)13-16-26-27(33)19-24(20-29(26)36)32(40)43-6-3/h7-12,14-15,19-20H,4-6,13,16-18,21,33H2,1-3H3. The molecule has 11 nitrogen and oxygen atoms in total. The van der Waals surface area contributed by atoms with Crippen LogP contribution in [0.1, 0.15) is 52.6 Å². The van der Waals surface area contributed by atoms with Crippen molar-refractivity contribution in [3.8, 4) is 0 Å². The molecule has 226 valence electrons. The van der Waals surface area contributed by atoms with Crippen molar-refractivity contribution in [1.82, 2.24) is 9.80 Å². The Kier molecular flexibility index (Phi) is 10.1. The Bertz CT molecular complexity index is 1500. The van der Waals surface area contributed by atoms with Crippen LogP contribution in [0.2, 0.25) is 0 Å². The third-order valence-corrected chi connectivity index (χ3v) is 7.66. The molecule has 0 saturated heterocycles. The van der Waals surface area contributed by atoms with E-state index in [1.54, 1.807) is 24.0 Å². The summed E-state index contributed by atoms with van der Waals surface area (Å²) >= 11 is 0. The van der Waals surface area contributed by atoms with Crippen LogP contribution in [-0.4, -0.2) is 71.8 Å². The van der Waals surface area contributed by atoms with E-state index in [4.69, 9.17) is 10.5 Å². The van der Waals surface area contributed by atoms with Gasteiger partial charge in [0.25, 0.3) is 17.5 Å². The number of nitrogen functional groups attached to an aromatic ring is 1. The van der Waals surface area contributed by atoms with Crippen molar-refractivity contribution in [1.29, 1.82) is 0 Å². The molecule has 4 rings (SSSR count). The van der Waals surface area contributed by atoms with Gasteiger partial charge >= 0.3 is 5.97 Å². The second-order valence-electron chi connectivity index (χ2n) is 10.2. The van der Waals surface area contributed by atoms with E-state index in [1.165, 1.54) is 29.2 Å². The van der Waals surface area contributed by atoms with E-state index in [0.29, 0.717) is 36.4 Å². The van der Waals surface area contributed by atoms with Crippen LogP contribution in [0.15, 0.2) is 60.7 Å². The molecule has 0 atom stereocenters. The molecule has 0 bridgehead atoms. The molecule has 0 aliphatic carbocycles. The number of nitro groups is 1. The van der Waals surface area contributed by atoms with Crippen LogP contribution >= 0.6 is 0 Å². The highest BCUT2D eigenvalue weighted by Crippen LogP contribution is 2.39. The van der Waals surface area contributed by atoms with Gasteiger partial charge in [0, 0.05) is 36.5 Å².